The lowest BCUT2D eigenvalue weighted by atomic mass is 10.1. The highest BCUT2D eigenvalue weighted by Crippen LogP contribution is 1.99. The summed E-state index contributed by atoms with van der Waals surface area (Å²) in [5, 5.41) is 0.998. The summed E-state index contributed by atoms with van der Waals surface area (Å²) < 4.78 is 0. The molecule has 0 aliphatic carbocycles. The Morgan fingerprint density at radius 2 is 1.88 bits per heavy atom. The molecule has 0 saturated carbocycles. The monoisotopic (exact) mass is 130 g/mol. The van der Waals surface area contributed by atoms with Gasteiger partial charge in [0.15, 0.2) is 0 Å². The van der Waals surface area contributed by atoms with E-state index in [0.29, 0.717) is 0 Å². The Morgan fingerprint density at radius 1 is 1.50 bits per heavy atom. The van der Waals surface area contributed by atoms with Gasteiger partial charge in [0, 0.05) is 5.92 Å². The van der Waals surface area contributed by atoms with E-state index in [0.717, 1.165) is 5.29 Å². The summed E-state index contributed by atoms with van der Waals surface area (Å²) in [6, 6.07) is 0. The van der Waals surface area contributed by atoms with Gasteiger partial charge in [-0.05, 0) is 19.1 Å². The molecule has 0 spiro atoms. The SMILES string of the molecule is CC(=O)C(C)C(C)=P. The van der Waals surface area contributed by atoms with Crippen molar-refractivity contribution in [3.63, 3.8) is 0 Å². The van der Waals surface area contributed by atoms with Crippen molar-refractivity contribution in [1.82, 2.24) is 0 Å². The molecule has 0 N–H and O–H groups in total. The van der Waals surface area contributed by atoms with Crippen molar-refractivity contribution in [3.05, 3.63) is 0 Å². The van der Waals surface area contributed by atoms with Crippen LogP contribution in [-0.2, 0) is 4.79 Å². The number of rotatable bonds is 2. The molecule has 46 valence electrons. The molecule has 0 amide bonds. The van der Waals surface area contributed by atoms with Crippen LogP contribution in [0.2, 0.25) is 0 Å². The van der Waals surface area contributed by atoms with Crippen LogP contribution in [0.3, 0.4) is 0 Å². The third kappa shape index (κ3) is 2.23. The first kappa shape index (κ1) is 7.84. The molecule has 0 heterocycles. The predicted octanol–water partition coefficient (Wildman–Crippen LogP) is 1.55. The lowest BCUT2D eigenvalue weighted by molar-refractivity contribution is -0.118. The van der Waals surface area contributed by atoms with Crippen LogP contribution in [0.5, 0.6) is 0 Å². The maximum atomic E-state index is 10.5. The maximum Gasteiger partial charge on any atom is 0.136 e. The van der Waals surface area contributed by atoms with E-state index in [2.05, 4.69) is 8.86 Å². The van der Waals surface area contributed by atoms with Crippen molar-refractivity contribution in [2.24, 2.45) is 5.92 Å². The van der Waals surface area contributed by atoms with Gasteiger partial charge in [-0.3, -0.25) is 4.79 Å². The molecule has 0 bridgehead atoms. The van der Waals surface area contributed by atoms with Crippen molar-refractivity contribution >= 4 is 19.9 Å². The van der Waals surface area contributed by atoms with E-state index in [1.807, 2.05) is 13.8 Å². The Kier molecular flexibility index (Phi) is 2.93. The van der Waals surface area contributed by atoms with Crippen LogP contribution in [0.1, 0.15) is 20.8 Å². The third-order valence-electron chi connectivity index (χ3n) is 1.26. The average Bonchev–Trinajstić information content (AvgIpc) is 1.64. The minimum Gasteiger partial charge on any atom is -0.299 e. The number of Topliss-reactive ketones (excluding diaryl/α,β-unsaturated/α-hetero) is 1. The Balaban J connectivity index is 3.83. The number of hydrogen-bond donors (Lipinski definition) is 0. The smallest absolute Gasteiger partial charge is 0.136 e. The first-order valence-corrected chi connectivity index (χ1v) is 3.11. The Labute approximate surface area is 52.3 Å². The van der Waals surface area contributed by atoms with Crippen LogP contribution in [0.15, 0.2) is 0 Å². The number of ketones is 1. The van der Waals surface area contributed by atoms with Gasteiger partial charge in [0.1, 0.15) is 5.78 Å². The number of carbonyl (C=O) groups excluding carboxylic acids is 1. The van der Waals surface area contributed by atoms with Crippen LogP contribution in [0.4, 0.5) is 0 Å². The fraction of sp³-hybridized carbons (Fsp3) is 0.667. The van der Waals surface area contributed by atoms with Crippen LogP contribution in [-0.4, -0.2) is 11.1 Å². The zero-order valence-electron chi connectivity index (χ0n) is 5.49. The first-order valence-electron chi connectivity index (χ1n) is 2.61. The summed E-state index contributed by atoms with van der Waals surface area (Å²) in [5.74, 6) is 0.268. The van der Waals surface area contributed by atoms with Gasteiger partial charge in [-0.1, -0.05) is 6.92 Å². The second-order valence-electron chi connectivity index (χ2n) is 2.02. The number of carbonyl (C=O) groups is 1. The van der Waals surface area contributed by atoms with Crippen molar-refractivity contribution in [3.8, 4) is 0 Å². The highest BCUT2D eigenvalue weighted by Gasteiger charge is 2.06. The van der Waals surface area contributed by atoms with E-state index >= 15 is 0 Å². The van der Waals surface area contributed by atoms with Gasteiger partial charge in [-0.15, -0.1) is 8.86 Å². The molecule has 0 aromatic carbocycles. The minimum atomic E-state index is 0.0617. The van der Waals surface area contributed by atoms with Gasteiger partial charge < -0.3 is 0 Å². The van der Waals surface area contributed by atoms with Gasteiger partial charge in [-0.25, -0.2) is 0 Å². The Morgan fingerprint density at radius 3 is 1.88 bits per heavy atom. The summed E-state index contributed by atoms with van der Waals surface area (Å²) in [7, 11) is 3.28. The highest BCUT2D eigenvalue weighted by atomic mass is 31.0. The van der Waals surface area contributed by atoms with Gasteiger partial charge in [-0.2, -0.15) is 0 Å². The molecule has 0 saturated heterocycles. The molecule has 2 heteroatoms. The molecule has 1 unspecified atom stereocenters. The summed E-state index contributed by atoms with van der Waals surface area (Å²) in [6.07, 6.45) is 0. The van der Waals surface area contributed by atoms with Crippen molar-refractivity contribution in [2.45, 2.75) is 20.8 Å². The fourth-order valence-corrected chi connectivity index (χ4v) is 0.508. The molecular formula is C6H11OP. The minimum absolute atomic E-state index is 0.0617. The molecule has 1 atom stereocenters. The van der Waals surface area contributed by atoms with Gasteiger partial charge in [0.05, 0.1) is 0 Å². The fourth-order valence-electron chi connectivity index (χ4n) is 0.305. The van der Waals surface area contributed by atoms with Crippen LogP contribution >= 0.6 is 8.86 Å². The van der Waals surface area contributed by atoms with E-state index in [4.69, 9.17) is 0 Å². The van der Waals surface area contributed by atoms with E-state index in [1.54, 1.807) is 6.92 Å². The zero-order valence-corrected chi connectivity index (χ0v) is 6.49. The zero-order chi connectivity index (χ0) is 6.73. The van der Waals surface area contributed by atoms with Gasteiger partial charge in [0.25, 0.3) is 0 Å². The first-order chi connectivity index (χ1) is 3.55. The van der Waals surface area contributed by atoms with Gasteiger partial charge in [0.2, 0.25) is 0 Å². The third-order valence-corrected chi connectivity index (χ3v) is 1.69. The summed E-state index contributed by atoms with van der Waals surface area (Å²) >= 11 is 0. The van der Waals surface area contributed by atoms with Gasteiger partial charge >= 0.3 is 0 Å². The molecular weight excluding hydrogens is 119 g/mol. The standard InChI is InChI=1S/C6H11OP/c1-4(5(2)7)6(3)8/h4,8H,1-3H3. The molecule has 0 aliphatic heterocycles. The Bertz CT molecular complexity index is 104. The van der Waals surface area contributed by atoms with E-state index < -0.39 is 0 Å². The molecule has 0 fully saturated rings. The van der Waals surface area contributed by atoms with Crippen LogP contribution < -0.4 is 0 Å². The van der Waals surface area contributed by atoms with E-state index in [9.17, 15) is 4.79 Å². The average molecular weight is 130 g/mol. The molecule has 1 nitrogen and oxygen atoms in total. The number of hydrogen-bond acceptors (Lipinski definition) is 1. The highest BCUT2D eigenvalue weighted by molar-refractivity contribution is 7.21. The quantitative estimate of drug-likeness (QED) is 0.518. The summed E-state index contributed by atoms with van der Waals surface area (Å²) in [5.41, 5.74) is 0. The molecule has 0 radical (unpaired) electrons. The largest absolute Gasteiger partial charge is 0.299 e. The molecule has 8 heavy (non-hydrogen) atoms. The lowest BCUT2D eigenvalue weighted by Crippen LogP contribution is -2.12. The predicted molar refractivity (Wildman–Crippen MR) is 38.8 cm³/mol. The van der Waals surface area contributed by atoms with E-state index in [-0.39, 0.29) is 11.7 Å². The van der Waals surface area contributed by atoms with Crippen molar-refractivity contribution < 1.29 is 4.79 Å². The normalized spacial score (nSPS) is 12.9. The second kappa shape index (κ2) is 2.99. The molecule has 0 aromatic heterocycles. The van der Waals surface area contributed by atoms with Crippen LogP contribution in [0, 0.1) is 5.92 Å². The molecule has 0 rings (SSSR count). The van der Waals surface area contributed by atoms with Crippen molar-refractivity contribution in [2.75, 3.05) is 0 Å². The maximum absolute atomic E-state index is 10.5. The molecule has 0 aromatic rings. The summed E-state index contributed by atoms with van der Waals surface area (Å²) in [6.45, 7) is 5.36. The van der Waals surface area contributed by atoms with Crippen LogP contribution in [0.25, 0.3) is 0 Å². The molecule has 0 aliphatic rings. The second-order valence-corrected chi connectivity index (χ2v) is 2.80. The Hall–Kier alpha value is -0.160. The van der Waals surface area contributed by atoms with E-state index in [1.165, 1.54) is 0 Å². The summed E-state index contributed by atoms with van der Waals surface area (Å²) in [4.78, 5) is 10.5. The topological polar surface area (TPSA) is 17.1 Å². The lowest BCUT2D eigenvalue weighted by Gasteiger charge is -2.02. The van der Waals surface area contributed by atoms with Crippen molar-refractivity contribution in [1.29, 1.82) is 0 Å².